The van der Waals surface area contributed by atoms with Crippen LogP contribution in [0.15, 0.2) is 78.9 Å². The van der Waals surface area contributed by atoms with Gasteiger partial charge >= 0.3 is 17.9 Å². The second-order valence-corrected chi connectivity index (χ2v) is 9.66. The summed E-state index contributed by atoms with van der Waals surface area (Å²) in [6.07, 6.45) is 0. The number of aromatic nitrogens is 3. The zero-order valence-electron chi connectivity index (χ0n) is 22.4. The minimum absolute atomic E-state index is 0.0972. The Morgan fingerprint density at radius 2 is 1.27 bits per heavy atom. The van der Waals surface area contributed by atoms with Gasteiger partial charge in [0, 0.05) is 14.6 Å². The minimum atomic E-state index is -0.983. The van der Waals surface area contributed by atoms with E-state index in [1.54, 1.807) is 49.4 Å². The fraction of sp³-hybridized carbons (Fsp3) is 0.172. The van der Waals surface area contributed by atoms with Crippen LogP contribution in [0.3, 0.4) is 0 Å². The number of carbonyl (C=O) groups excluding carboxylic acids is 2. The summed E-state index contributed by atoms with van der Waals surface area (Å²) in [5.41, 5.74) is 2.94. The first kappa shape index (κ1) is 33.3. The number of nitrogens with zero attached hydrogens (tertiary/aromatic N) is 3. The van der Waals surface area contributed by atoms with Crippen LogP contribution in [0.25, 0.3) is 0 Å². The largest absolute Gasteiger partial charge is 0.487 e. The fourth-order valence-electron chi connectivity index (χ4n) is 2.90. The van der Waals surface area contributed by atoms with Gasteiger partial charge in [0.15, 0.2) is 0 Å². The number of carboxylic acids is 1. The van der Waals surface area contributed by atoms with Crippen molar-refractivity contribution in [1.82, 2.24) is 15.0 Å². The molecule has 0 amide bonds. The average molecular weight is 736 g/mol. The highest BCUT2D eigenvalue weighted by Crippen LogP contribution is 2.15. The molecule has 12 heteroatoms. The predicted molar refractivity (Wildman–Crippen MR) is 163 cm³/mol. The molecule has 0 radical (unpaired) electrons. The molecule has 3 aromatic heterocycles. The molecular weight excluding hydrogens is 709 g/mol. The van der Waals surface area contributed by atoms with E-state index in [4.69, 9.17) is 9.84 Å². The van der Waals surface area contributed by atoms with Gasteiger partial charge in [0.05, 0.1) is 25.6 Å². The number of alkyl halides is 1. The Morgan fingerprint density at radius 3 is 1.76 bits per heavy atom. The maximum Gasteiger partial charge on any atom is 0.356 e. The van der Waals surface area contributed by atoms with Crippen molar-refractivity contribution in [1.29, 1.82) is 0 Å². The van der Waals surface area contributed by atoms with Gasteiger partial charge < -0.3 is 19.3 Å². The number of hydrogen-bond acceptors (Lipinski definition) is 9. The molecule has 0 atom stereocenters. The number of aromatic carboxylic acids is 1. The number of benzene rings is 1. The van der Waals surface area contributed by atoms with Crippen LogP contribution in [0, 0.1) is 10.5 Å². The molecule has 0 unspecified atom stereocenters. The van der Waals surface area contributed by atoms with Crippen LogP contribution >= 0.6 is 38.5 Å². The summed E-state index contributed by atoms with van der Waals surface area (Å²) in [6.45, 7) is 2.07. The summed E-state index contributed by atoms with van der Waals surface area (Å²) in [5, 5.41) is 9.08. The number of ether oxygens (including phenoxy) is 3. The molecular formula is C29H27BrIN3O7. The molecule has 1 aromatic carbocycles. The summed E-state index contributed by atoms with van der Waals surface area (Å²) in [5.74, 6) is -1.07. The molecule has 0 saturated carbocycles. The molecule has 0 bridgehead atoms. The molecule has 214 valence electrons. The molecule has 0 spiro atoms. The molecule has 0 saturated heterocycles. The second kappa shape index (κ2) is 17.7. The Morgan fingerprint density at radius 1 is 0.756 bits per heavy atom. The van der Waals surface area contributed by atoms with E-state index in [1.807, 2.05) is 30.3 Å². The SMILES string of the molecule is COC(=O)c1cccc(CBr)n1.COC(=O)c1cccc(COc2ccc(I)cc2)n1.Cc1cccc(C(=O)O)n1. The number of esters is 2. The predicted octanol–water partition coefficient (Wildman–Crippen LogP) is 5.90. The Labute approximate surface area is 259 Å². The highest BCUT2D eigenvalue weighted by Gasteiger charge is 2.08. The molecule has 3 heterocycles. The first-order valence-electron chi connectivity index (χ1n) is 11.9. The monoisotopic (exact) mass is 735 g/mol. The lowest BCUT2D eigenvalue weighted by molar-refractivity contribution is 0.0585. The molecule has 0 fully saturated rings. The van der Waals surface area contributed by atoms with Crippen LogP contribution in [0.4, 0.5) is 0 Å². The van der Waals surface area contributed by atoms with Crippen molar-refractivity contribution in [2.45, 2.75) is 18.9 Å². The van der Waals surface area contributed by atoms with E-state index in [0.717, 1.165) is 20.7 Å². The van der Waals surface area contributed by atoms with E-state index in [1.165, 1.54) is 20.3 Å². The van der Waals surface area contributed by atoms with E-state index < -0.39 is 17.9 Å². The van der Waals surface area contributed by atoms with Gasteiger partial charge in [0.2, 0.25) is 0 Å². The highest BCUT2D eigenvalue weighted by atomic mass is 127. The van der Waals surface area contributed by atoms with Gasteiger partial charge in [-0.15, -0.1) is 0 Å². The van der Waals surface area contributed by atoms with Crippen LogP contribution in [0.1, 0.15) is 48.5 Å². The van der Waals surface area contributed by atoms with Gasteiger partial charge in [-0.2, -0.15) is 0 Å². The number of aryl methyl sites for hydroxylation is 1. The zero-order valence-corrected chi connectivity index (χ0v) is 26.2. The quantitative estimate of drug-likeness (QED) is 0.139. The maximum absolute atomic E-state index is 11.4. The molecule has 0 aliphatic carbocycles. The van der Waals surface area contributed by atoms with E-state index in [2.05, 4.69) is 62.9 Å². The lowest BCUT2D eigenvalue weighted by Crippen LogP contribution is -2.07. The Bertz CT molecular complexity index is 1450. The number of pyridine rings is 3. The van der Waals surface area contributed by atoms with Gasteiger partial charge in [-0.1, -0.05) is 34.1 Å². The van der Waals surface area contributed by atoms with Crippen molar-refractivity contribution in [3.8, 4) is 5.75 Å². The first-order chi connectivity index (χ1) is 19.7. The number of carboxylic acid groups (broad SMARTS) is 1. The van der Waals surface area contributed by atoms with Gasteiger partial charge in [-0.3, -0.25) is 0 Å². The average Bonchev–Trinajstić information content (AvgIpc) is 3.00. The Hall–Kier alpha value is -3.91. The third-order valence-electron chi connectivity index (χ3n) is 4.85. The van der Waals surface area contributed by atoms with Crippen molar-refractivity contribution in [3.05, 3.63) is 117 Å². The van der Waals surface area contributed by atoms with Gasteiger partial charge in [-0.05, 0) is 90.2 Å². The summed E-state index contributed by atoms with van der Waals surface area (Å²) < 4.78 is 15.9. The second-order valence-electron chi connectivity index (χ2n) is 7.86. The zero-order chi connectivity index (χ0) is 30.2. The molecule has 0 aliphatic heterocycles. The van der Waals surface area contributed by atoms with Gasteiger partial charge in [-0.25, -0.2) is 29.3 Å². The third kappa shape index (κ3) is 12.0. The third-order valence-corrected chi connectivity index (χ3v) is 6.14. The number of hydrogen-bond donors (Lipinski definition) is 1. The van der Waals surface area contributed by atoms with Crippen LogP contribution in [-0.4, -0.2) is 52.2 Å². The number of halogens is 2. The van der Waals surface area contributed by atoms with Crippen LogP contribution in [-0.2, 0) is 21.4 Å². The molecule has 4 rings (SSSR count). The summed E-state index contributed by atoms with van der Waals surface area (Å²) in [6, 6.07) is 23.0. The lowest BCUT2D eigenvalue weighted by atomic mass is 10.3. The van der Waals surface area contributed by atoms with Crippen LogP contribution in [0.2, 0.25) is 0 Å². The van der Waals surface area contributed by atoms with Crippen LogP contribution in [0.5, 0.6) is 5.75 Å². The summed E-state index contributed by atoms with van der Waals surface area (Å²) in [7, 11) is 2.67. The summed E-state index contributed by atoms with van der Waals surface area (Å²) >= 11 is 5.48. The van der Waals surface area contributed by atoms with Crippen LogP contribution < -0.4 is 4.74 Å². The number of carbonyl (C=O) groups is 3. The van der Waals surface area contributed by atoms with E-state index in [9.17, 15) is 14.4 Å². The summed E-state index contributed by atoms with van der Waals surface area (Å²) in [4.78, 5) is 44.6. The number of rotatable bonds is 7. The maximum atomic E-state index is 11.4. The topological polar surface area (TPSA) is 138 Å². The fourth-order valence-corrected chi connectivity index (χ4v) is 3.57. The molecule has 0 aliphatic rings. The van der Waals surface area contributed by atoms with Crippen molar-refractivity contribution < 1.29 is 33.7 Å². The highest BCUT2D eigenvalue weighted by molar-refractivity contribution is 14.1. The minimum Gasteiger partial charge on any atom is -0.487 e. The van der Waals surface area contributed by atoms with Crippen molar-refractivity contribution in [2.24, 2.45) is 0 Å². The molecule has 41 heavy (non-hydrogen) atoms. The smallest absolute Gasteiger partial charge is 0.356 e. The van der Waals surface area contributed by atoms with Gasteiger partial charge in [0.25, 0.3) is 0 Å². The standard InChI is InChI=1S/C14H12INO3.C8H8BrNO2.C7H7NO2/c1-18-14(17)13-4-2-3-11(16-13)9-19-12-7-5-10(15)6-8-12;1-12-8(11)7-4-2-3-6(5-9)10-7;1-5-3-2-4-6(8-5)7(9)10/h2-8H,9H2,1H3;2-4H,5H2,1H3;2-4H,1H3,(H,9,10). The Balaban J connectivity index is 0.000000230. The molecule has 4 aromatic rings. The van der Waals surface area contributed by atoms with Gasteiger partial charge in [0.1, 0.15) is 29.4 Å². The van der Waals surface area contributed by atoms with E-state index >= 15 is 0 Å². The number of methoxy groups -OCH3 is 2. The Kier molecular flexibility index (Phi) is 14.4. The van der Waals surface area contributed by atoms with E-state index in [0.29, 0.717) is 23.3 Å². The molecule has 10 nitrogen and oxygen atoms in total. The van der Waals surface area contributed by atoms with E-state index in [-0.39, 0.29) is 11.4 Å². The van der Waals surface area contributed by atoms with Crippen molar-refractivity contribution >= 4 is 56.4 Å². The van der Waals surface area contributed by atoms with Crippen molar-refractivity contribution in [3.63, 3.8) is 0 Å². The lowest BCUT2D eigenvalue weighted by Gasteiger charge is -2.06. The normalized spacial score (nSPS) is 9.68. The first-order valence-corrected chi connectivity index (χ1v) is 14.1. The van der Waals surface area contributed by atoms with Crippen molar-refractivity contribution in [2.75, 3.05) is 14.2 Å². The molecule has 1 N–H and O–H groups in total.